The Kier molecular flexibility index (Phi) is 4.79. The molecule has 1 aromatic carbocycles. The van der Waals surface area contributed by atoms with Crippen molar-refractivity contribution in [2.45, 2.75) is 39.2 Å². The molecular weight excluding hydrogens is 284 g/mol. The van der Waals surface area contributed by atoms with Gasteiger partial charge in [0.15, 0.2) is 0 Å². The fraction of sp³-hybridized carbons (Fsp3) is 0.474. The summed E-state index contributed by atoms with van der Waals surface area (Å²) in [5, 5.41) is 0. The smallest absolute Gasteiger partial charge is 0.132 e. The lowest BCUT2D eigenvalue weighted by Crippen LogP contribution is -2.43. The van der Waals surface area contributed by atoms with Gasteiger partial charge in [-0.15, -0.1) is 0 Å². The highest BCUT2D eigenvalue weighted by molar-refractivity contribution is 5.47. The van der Waals surface area contributed by atoms with Gasteiger partial charge in [-0.3, -0.25) is 0 Å². The van der Waals surface area contributed by atoms with Crippen LogP contribution in [0.25, 0.3) is 0 Å². The minimum atomic E-state index is 0.599. The second kappa shape index (κ2) is 6.99. The molecule has 1 aliphatic heterocycles. The molecule has 3 rings (SSSR count). The van der Waals surface area contributed by atoms with Gasteiger partial charge in [0.2, 0.25) is 0 Å². The van der Waals surface area contributed by atoms with Gasteiger partial charge >= 0.3 is 0 Å². The number of hydrogen-bond donors (Lipinski definition) is 0. The highest BCUT2D eigenvalue weighted by atomic mass is 15.2. The second-order valence-electron chi connectivity index (χ2n) is 6.28. The number of piperidine rings is 1. The Balaban J connectivity index is 1.65. The summed E-state index contributed by atoms with van der Waals surface area (Å²) in [5.41, 5.74) is 2.44. The molecule has 0 aliphatic carbocycles. The standard InChI is InChI=1S/C19H26N4/c1-4-16-14-19(21-15(2)20-16)23-12-10-18(11-13-23)22(3)17-8-6-5-7-9-17/h5-9,14,18H,4,10-13H2,1-3H3. The Hall–Kier alpha value is -2.10. The van der Waals surface area contributed by atoms with Crippen LogP contribution in [0.1, 0.15) is 31.3 Å². The number of anilines is 2. The van der Waals surface area contributed by atoms with Crippen molar-refractivity contribution >= 4 is 11.5 Å². The zero-order valence-corrected chi connectivity index (χ0v) is 14.4. The van der Waals surface area contributed by atoms with E-state index >= 15 is 0 Å². The van der Waals surface area contributed by atoms with Crippen molar-refractivity contribution in [2.24, 2.45) is 0 Å². The molecule has 0 radical (unpaired) electrons. The predicted molar refractivity (Wildman–Crippen MR) is 96.2 cm³/mol. The molecule has 0 amide bonds. The number of nitrogens with zero attached hydrogens (tertiary/aromatic N) is 4. The molecule has 1 aliphatic rings. The summed E-state index contributed by atoms with van der Waals surface area (Å²) in [4.78, 5) is 13.9. The van der Waals surface area contributed by atoms with Crippen molar-refractivity contribution in [1.82, 2.24) is 9.97 Å². The summed E-state index contributed by atoms with van der Waals surface area (Å²) in [6, 6.07) is 13.4. The van der Waals surface area contributed by atoms with E-state index in [1.165, 1.54) is 5.69 Å². The lowest BCUT2D eigenvalue weighted by Gasteiger charge is -2.38. The summed E-state index contributed by atoms with van der Waals surface area (Å²) in [6.45, 7) is 6.24. The van der Waals surface area contributed by atoms with Gasteiger partial charge in [0.1, 0.15) is 11.6 Å². The highest BCUT2D eigenvalue weighted by Crippen LogP contribution is 2.24. The Bertz CT molecular complexity index is 633. The van der Waals surface area contributed by atoms with Gasteiger partial charge in [0, 0.05) is 43.6 Å². The fourth-order valence-corrected chi connectivity index (χ4v) is 3.31. The van der Waals surface area contributed by atoms with E-state index in [2.05, 4.69) is 70.1 Å². The molecule has 2 aromatic rings. The van der Waals surface area contributed by atoms with E-state index < -0.39 is 0 Å². The van der Waals surface area contributed by atoms with Crippen molar-refractivity contribution in [1.29, 1.82) is 0 Å². The quantitative estimate of drug-likeness (QED) is 0.866. The molecule has 1 fully saturated rings. The maximum Gasteiger partial charge on any atom is 0.132 e. The molecule has 23 heavy (non-hydrogen) atoms. The molecule has 2 heterocycles. The first-order valence-electron chi connectivity index (χ1n) is 8.54. The van der Waals surface area contributed by atoms with Crippen LogP contribution in [-0.2, 0) is 6.42 Å². The van der Waals surface area contributed by atoms with Crippen LogP contribution in [0.3, 0.4) is 0 Å². The summed E-state index contributed by atoms with van der Waals surface area (Å²) < 4.78 is 0. The molecule has 0 bridgehead atoms. The van der Waals surface area contributed by atoms with E-state index in [0.717, 1.165) is 49.7 Å². The Labute approximate surface area is 139 Å². The minimum Gasteiger partial charge on any atom is -0.371 e. The monoisotopic (exact) mass is 310 g/mol. The van der Waals surface area contributed by atoms with Gasteiger partial charge in [-0.25, -0.2) is 9.97 Å². The van der Waals surface area contributed by atoms with E-state index in [1.807, 2.05) is 6.92 Å². The van der Waals surface area contributed by atoms with Crippen LogP contribution in [0.5, 0.6) is 0 Å². The third-order valence-corrected chi connectivity index (χ3v) is 4.74. The van der Waals surface area contributed by atoms with Crippen LogP contribution in [-0.4, -0.2) is 36.1 Å². The predicted octanol–water partition coefficient (Wildman–Crippen LogP) is 3.45. The first kappa shape index (κ1) is 15.8. The first-order valence-corrected chi connectivity index (χ1v) is 8.54. The molecule has 122 valence electrons. The Morgan fingerprint density at radius 2 is 1.83 bits per heavy atom. The number of para-hydroxylation sites is 1. The molecular formula is C19H26N4. The van der Waals surface area contributed by atoms with Crippen molar-refractivity contribution in [3.63, 3.8) is 0 Å². The summed E-state index contributed by atoms with van der Waals surface area (Å²) in [5.74, 6) is 1.97. The van der Waals surface area contributed by atoms with Crippen LogP contribution < -0.4 is 9.80 Å². The maximum atomic E-state index is 4.63. The average molecular weight is 310 g/mol. The molecule has 0 unspecified atom stereocenters. The van der Waals surface area contributed by atoms with Crippen molar-refractivity contribution in [3.8, 4) is 0 Å². The van der Waals surface area contributed by atoms with Gasteiger partial charge in [-0.05, 0) is 38.3 Å². The summed E-state index contributed by atoms with van der Waals surface area (Å²) in [6.07, 6.45) is 3.29. The molecule has 4 nitrogen and oxygen atoms in total. The second-order valence-corrected chi connectivity index (χ2v) is 6.28. The van der Waals surface area contributed by atoms with Gasteiger partial charge in [0.25, 0.3) is 0 Å². The number of aromatic nitrogens is 2. The third kappa shape index (κ3) is 3.63. The van der Waals surface area contributed by atoms with Crippen molar-refractivity contribution in [2.75, 3.05) is 29.9 Å². The number of rotatable bonds is 4. The summed E-state index contributed by atoms with van der Waals surface area (Å²) >= 11 is 0. The highest BCUT2D eigenvalue weighted by Gasteiger charge is 2.23. The zero-order valence-electron chi connectivity index (χ0n) is 14.4. The van der Waals surface area contributed by atoms with Crippen LogP contribution in [0.4, 0.5) is 11.5 Å². The average Bonchev–Trinajstić information content (AvgIpc) is 2.61. The molecule has 0 N–H and O–H groups in total. The molecule has 0 saturated carbocycles. The van der Waals surface area contributed by atoms with Crippen LogP contribution in [0, 0.1) is 6.92 Å². The molecule has 4 heteroatoms. The van der Waals surface area contributed by atoms with Crippen LogP contribution >= 0.6 is 0 Å². The Morgan fingerprint density at radius 1 is 1.13 bits per heavy atom. The van der Waals surface area contributed by atoms with E-state index in [4.69, 9.17) is 0 Å². The fourth-order valence-electron chi connectivity index (χ4n) is 3.31. The maximum absolute atomic E-state index is 4.63. The third-order valence-electron chi connectivity index (χ3n) is 4.74. The lowest BCUT2D eigenvalue weighted by molar-refractivity contribution is 0.480. The van der Waals surface area contributed by atoms with E-state index in [0.29, 0.717) is 6.04 Å². The normalized spacial score (nSPS) is 15.7. The molecule has 1 aromatic heterocycles. The van der Waals surface area contributed by atoms with E-state index in [-0.39, 0.29) is 0 Å². The van der Waals surface area contributed by atoms with Gasteiger partial charge in [-0.1, -0.05) is 25.1 Å². The topological polar surface area (TPSA) is 32.3 Å². The van der Waals surface area contributed by atoms with Gasteiger partial charge in [-0.2, -0.15) is 0 Å². The van der Waals surface area contributed by atoms with Gasteiger partial charge < -0.3 is 9.80 Å². The van der Waals surface area contributed by atoms with Crippen LogP contribution in [0.15, 0.2) is 36.4 Å². The molecule has 0 atom stereocenters. The first-order chi connectivity index (χ1) is 11.2. The zero-order chi connectivity index (χ0) is 16.2. The van der Waals surface area contributed by atoms with Crippen molar-refractivity contribution < 1.29 is 0 Å². The van der Waals surface area contributed by atoms with Crippen LogP contribution in [0.2, 0.25) is 0 Å². The molecule has 0 spiro atoms. The Morgan fingerprint density at radius 3 is 2.48 bits per heavy atom. The largest absolute Gasteiger partial charge is 0.371 e. The number of benzene rings is 1. The van der Waals surface area contributed by atoms with Crippen molar-refractivity contribution in [3.05, 3.63) is 47.9 Å². The summed E-state index contributed by atoms with van der Waals surface area (Å²) in [7, 11) is 2.21. The SMILES string of the molecule is CCc1cc(N2CCC(N(C)c3ccccc3)CC2)nc(C)n1. The number of hydrogen-bond acceptors (Lipinski definition) is 4. The number of aryl methyl sites for hydroxylation is 2. The lowest BCUT2D eigenvalue weighted by atomic mass is 10.0. The minimum absolute atomic E-state index is 0.599. The van der Waals surface area contributed by atoms with Gasteiger partial charge in [0.05, 0.1) is 0 Å². The van der Waals surface area contributed by atoms with E-state index in [9.17, 15) is 0 Å². The molecule has 1 saturated heterocycles. The van der Waals surface area contributed by atoms with E-state index in [1.54, 1.807) is 0 Å².